The number of sulfonamides is 1. The predicted octanol–water partition coefficient (Wildman–Crippen LogP) is 2.04. The number of thioether (sulfide) groups is 1. The molecule has 1 aliphatic heterocycles. The summed E-state index contributed by atoms with van der Waals surface area (Å²) in [5, 5.41) is 13.5. The minimum atomic E-state index is -3.87. The Morgan fingerprint density at radius 2 is 1.96 bits per heavy atom. The number of fused-ring (bicyclic) bond motifs is 1. The molecule has 0 saturated heterocycles. The van der Waals surface area contributed by atoms with Crippen LogP contribution in [0.5, 0.6) is 0 Å². The summed E-state index contributed by atoms with van der Waals surface area (Å²) < 4.78 is 27.1. The van der Waals surface area contributed by atoms with Crippen LogP contribution >= 0.6 is 11.8 Å². The number of amides is 1. The molecule has 2 aliphatic rings. The van der Waals surface area contributed by atoms with E-state index in [9.17, 15) is 13.2 Å². The fraction of sp³-hybridized carbons (Fsp3) is 0.467. The maximum Gasteiger partial charge on any atom is 0.270 e. The van der Waals surface area contributed by atoms with Gasteiger partial charge in [-0.25, -0.2) is 12.7 Å². The number of carbonyl (C=O) groups is 1. The maximum absolute atomic E-state index is 13.0. The van der Waals surface area contributed by atoms with Crippen molar-refractivity contribution in [1.29, 1.82) is 0 Å². The zero-order valence-corrected chi connectivity index (χ0v) is 15.0. The van der Waals surface area contributed by atoms with Crippen molar-refractivity contribution >= 4 is 27.7 Å². The van der Waals surface area contributed by atoms with Gasteiger partial charge in [-0.3, -0.25) is 4.79 Å². The van der Waals surface area contributed by atoms with Crippen LogP contribution in [-0.2, 0) is 10.0 Å². The van der Waals surface area contributed by atoms with Crippen molar-refractivity contribution < 1.29 is 13.2 Å². The first-order valence-electron chi connectivity index (χ1n) is 8.17. The molecule has 8 nitrogen and oxygen atoms in total. The molecule has 1 N–H and O–H groups in total. The molecule has 25 heavy (non-hydrogen) atoms. The fourth-order valence-electron chi connectivity index (χ4n) is 3.52. The highest BCUT2D eigenvalue weighted by Gasteiger charge is 2.48. The average Bonchev–Trinajstić information content (AvgIpc) is 3.20. The third-order valence-corrected chi connectivity index (χ3v) is 7.87. The Labute approximate surface area is 149 Å². The van der Waals surface area contributed by atoms with E-state index < -0.39 is 21.3 Å². The molecule has 1 amide bonds. The fourth-order valence-corrected chi connectivity index (χ4v) is 6.70. The number of H-pyrrole nitrogens is 1. The monoisotopic (exact) mass is 379 g/mol. The van der Waals surface area contributed by atoms with Crippen LogP contribution in [0.2, 0.25) is 0 Å². The topological polar surface area (TPSA) is 109 Å². The van der Waals surface area contributed by atoms with E-state index >= 15 is 0 Å². The van der Waals surface area contributed by atoms with Gasteiger partial charge in [0.15, 0.2) is 0 Å². The van der Waals surface area contributed by atoms with Crippen molar-refractivity contribution in [3.63, 3.8) is 0 Å². The highest BCUT2D eigenvalue weighted by molar-refractivity contribution is 8.00. The second kappa shape index (κ2) is 6.41. The number of aromatic amines is 1. The normalized spacial score (nSPS) is 21.3. The van der Waals surface area contributed by atoms with Crippen molar-refractivity contribution in [1.82, 2.24) is 24.9 Å². The molecule has 1 unspecified atom stereocenters. The lowest BCUT2D eigenvalue weighted by atomic mass is 9.89. The molecular weight excluding hydrogens is 362 g/mol. The largest absolute Gasteiger partial charge is 0.270 e. The molecule has 1 aromatic carbocycles. The van der Waals surface area contributed by atoms with Crippen molar-refractivity contribution in [3.8, 4) is 0 Å². The van der Waals surface area contributed by atoms with E-state index in [1.165, 1.54) is 17.8 Å². The molecule has 2 aromatic rings. The molecule has 0 radical (unpaired) electrons. The first-order chi connectivity index (χ1) is 12.1. The smallest absolute Gasteiger partial charge is 0.268 e. The van der Waals surface area contributed by atoms with Gasteiger partial charge in [0.25, 0.3) is 15.9 Å². The van der Waals surface area contributed by atoms with Gasteiger partial charge in [0.05, 0.1) is 5.56 Å². The van der Waals surface area contributed by atoms with Crippen LogP contribution in [0.25, 0.3) is 0 Å². The molecule has 132 valence electrons. The predicted molar refractivity (Wildman–Crippen MR) is 90.2 cm³/mol. The summed E-state index contributed by atoms with van der Waals surface area (Å²) in [6.07, 6.45) is 4.96. The molecule has 1 fully saturated rings. The van der Waals surface area contributed by atoms with E-state index in [2.05, 4.69) is 20.6 Å². The Bertz CT molecular complexity index is 878. The highest BCUT2D eigenvalue weighted by Crippen LogP contribution is 2.42. The molecule has 2 heterocycles. The van der Waals surface area contributed by atoms with Crippen molar-refractivity contribution in [2.24, 2.45) is 5.92 Å². The van der Waals surface area contributed by atoms with E-state index in [1.807, 2.05) is 0 Å². The van der Waals surface area contributed by atoms with Crippen LogP contribution in [0.15, 0.2) is 34.3 Å². The second-order valence-electron chi connectivity index (χ2n) is 6.20. The van der Waals surface area contributed by atoms with Crippen LogP contribution in [-0.4, -0.2) is 44.6 Å². The summed E-state index contributed by atoms with van der Waals surface area (Å²) in [6.45, 7) is 0. The molecule has 1 atom stereocenters. The third-order valence-electron chi connectivity index (χ3n) is 4.69. The van der Waals surface area contributed by atoms with Crippen molar-refractivity contribution in [2.75, 3.05) is 0 Å². The molecule has 0 bridgehead atoms. The van der Waals surface area contributed by atoms with Crippen LogP contribution < -0.4 is 0 Å². The van der Waals surface area contributed by atoms with Gasteiger partial charge in [-0.1, -0.05) is 43.2 Å². The highest BCUT2D eigenvalue weighted by atomic mass is 32.2. The van der Waals surface area contributed by atoms with Crippen LogP contribution in [0, 0.1) is 5.92 Å². The number of tetrazole rings is 1. The summed E-state index contributed by atoms with van der Waals surface area (Å²) in [7, 11) is -3.87. The number of hydrogen-bond donors (Lipinski definition) is 1. The average molecular weight is 379 g/mol. The molecule has 4 rings (SSSR count). The van der Waals surface area contributed by atoms with Gasteiger partial charge in [-0.15, -0.1) is 10.2 Å². The number of hydrogen-bond acceptors (Lipinski definition) is 7. The molecule has 1 saturated carbocycles. The van der Waals surface area contributed by atoms with E-state index in [4.69, 9.17) is 0 Å². The zero-order chi connectivity index (χ0) is 17.4. The molecule has 1 aromatic heterocycles. The van der Waals surface area contributed by atoms with Crippen LogP contribution in [0.3, 0.4) is 0 Å². The number of nitrogens with zero attached hydrogens (tertiary/aromatic N) is 4. The van der Waals surface area contributed by atoms with E-state index in [-0.39, 0.29) is 16.4 Å². The Balaban J connectivity index is 1.75. The van der Waals surface area contributed by atoms with Gasteiger partial charge >= 0.3 is 0 Å². The van der Waals surface area contributed by atoms with Gasteiger partial charge in [-0.2, -0.15) is 5.21 Å². The van der Waals surface area contributed by atoms with Crippen molar-refractivity contribution in [3.05, 3.63) is 29.8 Å². The summed E-state index contributed by atoms with van der Waals surface area (Å²) >= 11 is 1.19. The molecule has 10 heteroatoms. The third kappa shape index (κ3) is 2.82. The number of carbonyl (C=O) groups excluding carboxylic acids is 1. The molecular formula is C15H17N5O3S2. The van der Waals surface area contributed by atoms with Crippen LogP contribution in [0.1, 0.15) is 42.5 Å². The van der Waals surface area contributed by atoms with E-state index in [0.717, 1.165) is 36.4 Å². The Morgan fingerprint density at radius 3 is 2.64 bits per heavy atom. The number of nitrogens with one attached hydrogen (secondary N) is 1. The lowest BCUT2D eigenvalue weighted by Crippen LogP contribution is -2.43. The Kier molecular flexibility index (Phi) is 4.24. The number of benzene rings is 1. The van der Waals surface area contributed by atoms with Gasteiger partial charge < -0.3 is 0 Å². The van der Waals surface area contributed by atoms with Gasteiger partial charge in [0, 0.05) is 0 Å². The molecule has 1 aliphatic carbocycles. The summed E-state index contributed by atoms with van der Waals surface area (Å²) in [5.74, 6) is -0.396. The zero-order valence-electron chi connectivity index (χ0n) is 13.3. The van der Waals surface area contributed by atoms with Crippen molar-refractivity contribution in [2.45, 2.75) is 47.5 Å². The molecule has 0 spiro atoms. The minimum absolute atomic E-state index is 0.0743. The van der Waals surface area contributed by atoms with Gasteiger partial charge in [0.1, 0.15) is 10.3 Å². The first kappa shape index (κ1) is 16.5. The number of rotatable bonds is 4. The quantitative estimate of drug-likeness (QED) is 0.810. The second-order valence-corrected chi connectivity index (χ2v) is 9.07. The Hall–Kier alpha value is -1.94. The number of aromatic nitrogens is 4. The summed E-state index contributed by atoms with van der Waals surface area (Å²) in [6, 6.07) is 6.36. The first-order valence-corrected chi connectivity index (χ1v) is 10.5. The Morgan fingerprint density at radius 1 is 1.20 bits per heavy atom. The van der Waals surface area contributed by atoms with Crippen LogP contribution in [0.4, 0.5) is 0 Å². The van der Waals surface area contributed by atoms with Gasteiger partial charge in [-0.05, 0) is 36.1 Å². The SMILES string of the molecule is O=C1c2ccccc2S(=O)(=O)N1C(Sc1nn[nH]n1)C1CCCCC1. The summed E-state index contributed by atoms with van der Waals surface area (Å²) in [5.41, 5.74) is 0.233. The lowest BCUT2D eigenvalue weighted by Gasteiger charge is -2.34. The minimum Gasteiger partial charge on any atom is -0.268 e. The van der Waals surface area contributed by atoms with Gasteiger partial charge in [0.2, 0.25) is 5.16 Å². The van der Waals surface area contributed by atoms with E-state index in [1.54, 1.807) is 18.2 Å². The maximum atomic E-state index is 13.0. The van der Waals surface area contributed by atoms with E-state index in [0.29, 0.717) is 5.16 Å². The standard InChI is InChI=1S/C15H17N5O3S2/c21-13-11-8-4-5-9-12(11)25(22,23)20(13)14(10-6-2-1-3-7-10)24-15-16-18-19-17-15/h4-5,8-10,14H,1-3,6-7H2,(H,16,17,18,19). The summed E-state index contributed by atoms with van der Waals surface area (Å²) in [4.78, 5) is 13.0. The lowest BCUT2D eigenvalue weighted by molar-refractivity contribution is 0.0832.